The summed E-state index contributed by atoms with van der Waals surface area (Å²) >= 11 is 2.98. The molecule has 4 aromatic rings. The van der Waals surface area contributed by atoms with Gasteiger partial charge in [-0.25, -0.2) is 4.39 Å². The minimum absolute atomic E-state index is 0.0655. The Labute approximate surface area is 211 Å². The van der Waals surface area contributed by atoms with Crippen LogP contribution in [0.1, 0.15) is 0 Å². The number of nitrogens with zero attached hydrogens (tertiary/aromatic N) is 5. The van der Waals surface area contributed by atoms with E-state index in [9.17, 15) is 9.18 Å². The Morgan fingerprint density at radius 2 is 1.71 bits per heavy atom. The van der Waals surface area contributed by atoms with Crippen LogP contribution in [-0.4, -0.2) is 64.6 Å². The van der Waals surface area contributed by atoms with Gasteiger partial charge in [-0.15, -0.1) is 21.5 Å². The SMILES string of the molecule is COc1ccc(-n2c(SCC(=O)N3CCN(c4ccc(F)cc4)CC3)nnc2-c2cccs2)cc1. The van der Waals surface area contributed by atoms with Crippen molar-refractivity contribution < 1.29 is 13.9 Å². The zero-order valence-corrected chi connectivity index (χ0v) is 20.8. The number of thioether (sulfide) groups is 1. The van der Waals surface area contributed by atoms with Gasteiger partial charge < -0.3 is 14.5 Å². The summed E-state index contributed by atoms with van der Waals surface area (Å²) in [5.74, 6) is 1.60. The lowest BCUT2D eigenvalue weighted by Gasteiger charge is -2.36. The maximum Gasteiger partial charge on any atom is 0.233 e. The van der Waals surface area contributed by atoms with Gasteiger partial charge in [0.25, 0.3) is 0 Å². The fourth-order valence-corrected chi connectivity index (χ4v) is 5.53. The van der Waals surface area contributed by atoms with E-state index < -0.39 is 0 Å². The van der Waals surface area contributed by atoms with Crippen molar-refractivity contribution in [3.63, 3.8) is 0 Å². The molecule has 0 atom stereocenters. The molecule has 1 saturated heterocycles. The quantitative estimate of drug-likeness (QED) is 0.340. The maximum atomic E-state index is 13.2. The largest absolute Gasteiger partial charge is 0.497 e. The van der Waals surface area contributed by atoms with Crippen LogP contribution in [0.5, 0.6) is 5.75 Å². The number of hydrogen-bond donors (Lipinski definition) is 0. The van der Waals surface area contributed by atoms with E-state index >= 15 is 0 Å². The van der Waals surface area contributed by atoms with Gasteiger partial charge in [0.1, 0.15) is 11.6 Å². The predicted octanol–water partition coefficient (Wildman–Crippen LogP) is 4.58. The van der Waals surface area contributed by atoms with E-state index in [-0.39, 0.29) is 17.5 Å². The molecule has 0 bridgehead atoms. The van der Waals surface area contributed by atoms with Gasteiger partial charge >= 0.3 is 0 Å². The van der Waals surface area contributed by atoms with Crippen molar-refractivity contribution in [1.29, 1.82) is 0 Å². The first-order valence-corrected chi connectivity index (χ1v) is 13.0. The second-order valence-corrected chi connectivity index (χ2v) is 9.84. The fraction of sp³-hybridized carbons (Fsp3) is 0.240. The van der Waals surface area contributed by atoms with Crippen molar-refractivity contribution in [1.82, 2.24) is 19.7 Å². The van der Waals surface area contributed by atoms with E-state index in [0.717, 1.165) is 27.8 Å². The van der Waals surface area contributed by atoms with Crippen molar-refractivity contribution in [2.24, 2.45) is 0 Å². The molecule has 1 aliphatic rings. The number of benzene rings is 2. The number of thiophene rings is 1. The molecular formula is C25H24FN5O2S2. The molecule has 2 aromatic heterocycles. The number of anilines is 1. The summed E-state index contributed by atoms with van der Waals surface area (Å²) in [5.41, 5.74) is 1.88. The number of piperazine rings is 1. The van der Waals surface area contributed by atoms with Crippen molar-refractivity contribution in [3.8, 4) is 22.1 Å². The molecule has 0 spiro atoms. The Hall–Kier alpha value is -3.37. The minimum atomic E-state index is -0.246. The van der Waals surface area contributed by atoms with Crippen LogP contribution in [0.15, 0.2) is 71.2 Å². The van der Waals surface area contributed by atoms with E-state index in [4.69, 9.17) is 4.74 Å². The van der Waals surface area contributed by atoms with Gasteiger partial charge in [-0.3, -0.25) is 9.36 Å². The summed E-state index contributed by atoms with van der Waals surface area (Å²) in [6.45, 7) is 2.68. The lowest BCUT2D eigenvalue weighted by Crippen LogP contribution is -2.49. The molecule has 0 aliphatic carbocycles. The van der Waals surface area contributed by atoms with Crippen molar-refractivity contribution in [3.05, 3.63) is 71.9 Å². The molecule has 35 heavy (non-hydrogen) atoms. The Morgan fingerprint density at radius 3 is 2.37 bits per heavy atom. The van der Waals surface area contributed by atoms with Gasteiger partial charge in [-0.05, 0) is 60.0 Å². The number of amides is 1. The molecule has 10 heteroatoms. The Kier molecular flexibility index (Phi) is 7.01. The number of halogens is 1. The topological polar surface area (TPSA) is 63.5 Å². The van der Waals surface area contributed by atoms with E-state index in [2.05, 4.69) is 15.1 Å². The zero-order valence-electron chi connectivity index (χ0n) is 19.1. The van der Waals surface area contributed by atoms with Gasteiger partial charge in [0.15, 0.2) is 11.0 Å². The number of methoxy groups -OCH3 is 1. The van der Waals surface area contributed by atoms with E-state index in [1.807, 2.05) is 51.2 Å². The number of hydrogen-bond acceptors (Lipinski definition) is 7. The highest BCUT2D eigenvalue weighted by atomic mass is 32.2. The summed E-state index contributed by atoms with van der Waals surface area (Å²) in [5, 5.41) is 11.5. The van der Waals surface area contributed by atoms with Crippen LogP contribution in [0.2, 0.25) is 0 Å². The van der Waals surface area contributed by atoms with E-state index in [0.29, 0.717) is 31.3 Å². The Morgan fingerprint density at radius 1 is 1.00 bits per heavy atom. The van der Waals surface area contributed by atoms with Crippen LogP contribution in [0.25, 0.3) is 16.4 Å². The maximum absolute atomic E-state index is 13.2. The monoisotopic (exact) mass is 509 g/mol. The third-order valence-electron chi connectivity index (χ3n) is 5.85. The Bertz CT molecular complexity index is 1270. The second-order valence-electron chi connectivity index (χ2n) is 7.95. The summed E-state index contributed by atoms with van der Waals surface area (Å²) < 4.78 is 20.5. The third kappa shape index (κ3) is 5.18. The number of rotatable bonds is 7. The van der Waals surface area contributed by atoms with E-state index in [1.54, 1.807) is 30.6 Å². The molecule has 0 unspecified atom stereocenters. The van der Waals surface area contributed by atoms with Gasteiger partial charge in [-0.1, -0.05) is 17.8 Å². The fourth-order valence-electron chi connectivity index (χ4n) is 3.98. The second kappa shape index (κ2) is 10.5. The average molecular weight is 510 g/mol. The molecule has 1 aliphatic heterocycles. The first-order valence-electron chi connectivity index (χ1n) is 11.2. The molecule has 3 heterocycles. The highest BCUT2D eigenvalue weighted by Gasteiger charge is 2.23. The number of carbonyl (C=O) groups is 1. The van der Waals surface area contributed by atoms with Crippen molar-refractivity contribution >= 4 is 34.7 Å². The van der Waals surface area contributed by atoms with Gasteiger partial charge in [0.2, 0.25) is 5.91 Å². The molecule has 0 radical (unpaired) electrons. The summed E-state index contributed by atoms with van der Waals surface area (Å²) in [4.78, 5) is 18.0. The lowest BCUT2D eigenvalue weighted by molar-refractivity contribution is -0.128. The lowest BCUT2D eigenvalue weighted by atomic mass is 10.2. The standard InChI is InChI=1S/C25H24FN5O2S2/c1-33-21-10-8-20(9-11-21)31-24(22-3-2-16-34-22)27-28-25(31)35-17-23(32)30-14-12-29(13-15-30)19-6-4-18(26)5-7-19/h2-11,16H,12-15,17H2,1H3. The highest BCUT2D eigenvalue weighted by Crippen LogP contribution is 2.31. The molecule has 7 nitrogen and oxygen atoms in total. The predicted molar refractivity (Wildman–Crippen MR) is 137 cm³/mol. The molecule has 5 rings (SSSR count). The van der Waals surface area contributed by atoms with Crippen LogP contribution < -0.4 is 9.64 Å². The number of carbonyl (C=O) groups excluding carboxylic acids is 1. The molecule has 180 valence electrons. The first kappa shape index (κ1) is 23.4. The zero-order chi connectivity index (χ0) is 24.2. The van der Waals surface area contributed by atoms with Crippen LogP contribution in [0, 0.1) is 5.82 Å². The van der Waals surface area contributed by atoms with Gasteiger partial charge in [-0.2, -0.15) is 0 Å². The van der Waals surface area contributed by atoms with Crippen molar-refractivity contribution in [2.75, 3.05) is 43.9 Å². The van der Waals surface area contributed by atoms with Crippen molar-refractivity contribution in [2.45, 2.75) is 5.16 Å². The molecule has 0 N–H and O–H groups in total. The normalized spacial score (nSPS) is 13.8. The van der Waals surface area contributed by atoms with E-state index in [1.165, 1.54) is 23.9 Å². The number of ether oxygens (including phenoxy) is 1. The Balaban J connectivity index is 1.27. The summed E-state index contributed by atoms with van der Waals surface area (Å²) in [6, 6.07) is 18.2. The molecular weight excluding hydrogens is 485 g/mol. The summed E-state index contributed by atoms with van der Waals surface area (Å²) in [7, 11) is 1.64. The van der Waals surface area contributed by atoms with Crippen LogP contribution in [0.4, 0.5) is 10.1 Å². The average Bonchev–Trinajstić information content (AvgIpc) is 3.58. The highest BCUT2D eigenvalue weighted by molar-refractivity contribution is 7.99. The van der Waals surface area contributed by atoms with Crippen LogP contribution in [0.3, 0.4) is 0 Å². The van der Waals surface area contributed by atoms with Crippen LogP contribution >= 0.6 is 23.1 Å². The third-order valence-corrected chi connectivity index (χ3v) is 7.63. The summed E-state index contributed by atoms with van der Waals surface area (Å²) in [6.07, 6.45) is 0. The first-order chi connectivity index (χ1) is 17.1. The number of aromatic nitrogens is 3. The minimum Gasteiger partial charge on any atom is -0.497 e. The smallest absolute Gasteiger partial charge is 0.233 e. The molecule has 2 aromatic carbocycles. The molecule has 1 fully saturated rings. The van der Waals surface area contributed by atoms with Crippen LogP contribution in [-0.2, 0) is 4.79 Å². The molecule has 0 saturated carbocycles. The van der Waals surface area contributed by atoms with Gasteiger partial charge in [0.05, 0.1) is 23.4 Å². The molecule has 1 amide bonds. The van der Waals surface area contributed by atoms with Gasteiger partial charge in [0, 0.05) is 31.9 Å².